The Kier molecular flexibility index (Phi) is 5.38. The van der Waals surface area contributed by atoms with Gasteiger partial charge in [-0.2, -0.15) is 5.10 Å². The van der Waals surface area contributed by atoms with Gasteiger partial charge in [-0.1, -0.05) is 6.07 Å². The molecule has 1 amide bonds. The van der Waals surface area contributed by atoms with E-state index in [9.17, 15) is 4.79 Å². The molecule has 0 saturated heterocycles. The highest BCUT2D eigenvalue weighted by molar-refractivity contribution is 6.04. The molecule has 8 nitrogen and oxygen atoms in total. The van der Waals surface area contributed by atoms with E-state index in [1.54, 1.807) is 53.5 Å². The number of nitrogens with zero attached hydrogens (tertiary/aromatic N) is 5. The molecule has 150 valence electrons. The van der Waals surface area contributed by atoms with Gasteiger partial charge in [-0.05, 0) is 48.5 Å². The second-order valence-electron chi connectivity index (χ2n) is 6.69. The van der Waals surface area contributed by atoms with Crippen molar-refractivity contribution >= 4 is 17.3 Å². The first-order chi connectivity index (χ1) is 14.6. The van der Waals surface area contributed by atoms with Crippen LogP contribution in [0.5, 0.6) is 11.6 Å². The van der Waals surface area contributed by atoms with Crippen molar-refractivity contribution < 1.29 is 9.53 Å². The lowest BCUT2D eigenvalue weighted by Gasteiger charge is -2.13. The lowest BCUT2D eigenvalue weighted by Crippen LogP contribution is -2.14. The number of carbonyl (C=O) groups is 1. The van der Waals surface area contributed by atoms with E-state index < -0.39 is 0 Å². The molecule has 0 fully saturated rings. The standard InChI is InChI=1S/C22H20N6O2/c1-27(2)18-6-3-5-16(13-18)22(29)26-17-7-9-19(10-8-17)30-21-14-20(23-15-24-21)28-12-4-11-25-28/h3-15H,1-2H3,(H,26,29). The highest BCUT2D eigenvalue weighted by atomic mass is 16.5. The number of hydrogen-bond donors (Lipinski definition) is 1. The molecule has 0 bridgehead atoms. The predicted octanol–water partition coefficient (Wildman–Crippen LogP) is 3.77. The molecule has 0 radical (unpaired) electrons. The molecule has 4 aromatic rings. The molecule has 2 heterocycles. The number of ether oxygens (including phenoxy) is 1. The van der Waals surface area contributed by atoms with Crippen molar-refractivity contribution in [1.82, 2.24) is 19.7 Å². The second kappa shape index (κ2) is 8.44. The van der Waals surface area contributed by atoms with Crippen molar-refractivity contribution in [3.63, 3.8) is 0 Å². The summed E-state index contributed by atoms with van der Waals surface area (Å²) in [5, 5.41) is 7.03. The Bertz CT molecular complexity index is 1140. The number of nitrogens with one attached hydrogen (secondary N) is 1. The van der Waals surface area contributed by atoms with E-state index in [0.717, 1.165) is 5.69 Å². The summed E-state index contributed by atoms with van der Waals surface area (Å²) in [7, 11) is 3.87. The summed E-state index contributed by atoms with van der Waals surface area (Å²) in [4.78, 5) is 22.8. The van der Waals surface area contributed by atoms with Crippen molar-refractivity contribution in [2.24, 2.45) is 0 Å². The third kappa shape index (κ3) is 4.44. The summed E-state index contributed by atoms with van der Waals surface area (Å²) < 4.78 is 7.42. The van der Waals surface area contributed by atoms with Gasteiger partial charge in [-0.3, -0.25) is 4.79 Å². The monoisotopic (exact) mass is 400 g/mol. The van der Waals surface area contributed by atoms with E-state index in [0.29, 0.717) is 28.7 Å². The Morgan fingerprint density at radius 3 is 2.60 bits per heavy atom. The average molecular weight is 400 g/mol. The van der Waals surface area contributed by atoms with Gasteiger partial charge in [0.1, 0.15) is 12.1 Å². The summed E-state index contributed by atoms with van der Waals surface area (Å²) >= 11 is 0. The zero-order chi connectivity index (χ0) is 20.9. The fourth-order valence-electron chi connectivity index (χ4n) is 2.77. The van der Waals surface area contributed by atoms with Crippen molar-refractivity contribution in [2.45, 2.75) is 0 Å². The van der Waals surface area contributed by atoms with E-state index in [1.807, 2.05) is 43.3 Å². The van der Waals surface area contributed by atoms with Crippen LogP contribution < -0.4 is 15.0 Å². The predicted molar refractivity (Wildman–Crippen MR) is 114 cm³/mol. The molecular weight excluding hydrogens is 380 g/mol. The Hall–Kier alpha value is -4.20. The van der Waals surface area contributed by atoms with Crippen LogP contribution in [0.2, 0.25) is 0 Å². The lowest BCUT2D eigenvalue weighted by molar-refractivity contribution is 0.102. The van der Waals surface area contributed by atoms with Crippen molar-refractivity contribution in [3.8, 4) is 17.4 Å². The van der Waals surface area contributed by atoms with E-state index >= 15 is 0 Å². The van der Waals surface area contributed by atoms with Crippen LogP contribution in [-0.2, 0) is 0 Å². The maximum absolute atomic E-state index is 12.5. The third-order valence-electron chi connectivity index (χ3n) is 4.33. The Balaban J connectivity index is 1.43. The van der Waals surface area contributed by atoms with Crippen LogP contribution in [0.1, 0.15) is 10.4 Å². The van der Waals surface area contributed by atoms with Gasteiger partial charge in [0.05, 0.1) is 0 Å². The largest absolute Gasteiger partial charge is 0.439 e. The molecule has 2 aromatic carbocycles. The SMILES string of the molecule is CN(C)c1cccc(C(=O)Nc2ccc(Oc3cc(-n4cccn4)ncn3)cc2)c1. The number of aromatic nitrogens is 4. The second-order valence-corrected chi connectivity index (χ2v) is 6.69. The third-order valence-corrected chi connectivity index (χ3v) is 4.33. The number of hydrogen-bond acceptors (Lipinski definition) is 6. The molecule has 0 atom stereocenters. The molecule has 0 aliphatic carbocycles. The molecule has 0 spiro atoms. The molecule has 8 heteroatoms. The molecular formula is C22H20N6O2. The van der Waals surface area contributed by atoms with Crippen molar-refractivity contribution in [1.29, 1.82) is 0 Å². The highest BCUT2D eigenvalue weighted by Crippen LogP contribution is 2.23. The maximum atomic E-state index is 12.5. The summed E-state index contributed by atoms with van der Waals surface area (Å²) in [6.07, 6.45) is 4.88. The van der Waals surface area contributed by atoms with Crippen LogP contribution in [-0.4, -0.2) is 39.8 Å². The molecule has 0 unspecified atom stereocenters. The number of benzene rings is 2. The first kappa shape index (κ1) is 19.1. The highest BCUT2D eigenvalue weighted by Gasteiger charge is 2.09. The van der Waals surface area contributed by atoms with E-state index in [1.165, 1.54) is 6.33 Å². The minimum atomic E-state index is -0.174. The van der Waals surface area contributed by atoms with Gasteiger partial charge < -0.3 is 15.0 Å². The average Bonchev–Trinajstić information content (AvgIpc) is 3.30. The van der Waals surface area contributed by atoms with Gasteiger partial charge in [0.2, 0.25) is 5.88 Å². The Morgan fingerprint density at radius 1 is 1.03 bits per heavy atom. The van der Waals surface area contributed by atoms with Crippen LogP contribution >= 0.6 is 0 Å². The molecule has 0 aliphatic heterocycles. The van der Waals surface area contributed by atoms with E-state index in [-0.39, 0.29) is 5.91 Å². The number of amides is 1. The summed E-state index contributed by atoms with van der Waals surface area (Å²) in [5.41, 5.74) is 2.22. The number of rotatable bonds is 6. The summed E-state index contributed by atoms with van der Waals surface area (Å²) in [6.45, 7) is 0. The van der Waals surface area contributed by atoms with Gasteiger partial charge in [0, 0.05) is 49.5 Å². The number of anilines is 2. The van der Waals surface area contributed by atoms with E-state index in [2.05, 4.69) is 20.4 Å². The van der Waals surface area contributed by atoms with Gasteiger partial charge in [0.15, 0.2) is 5.82 Å². The van der Waals surface area contributed by atoms with E-state index in [4.69, 9.17) is 4.74 Å². The summed E-state index contributed by atoms with van der Waals surface area (Å²) in [6, 6.07) is 18.0. The quantitative estimate of drug-likeness (QED) is 0.530. The van der Waals surface area contributed by atoms with Crippen molar-refractivity contribution in [3.05, 3.63) is 84.9 Å². The summed E-state index contributed by atoms with van der Waals surface area (Å²) in [5.74, 6) is 1.42. The minimum absolute atomic E-state index is 0.174. The molecule has 4 rings (SSSR count). The molecule has 0 saturated carbocycles. The normalized spacial score (nSPS) is 10.5. The maximum Gasteiger partial charge on any atom is 0.255 e. The molecule has 1 N–H and O–H groups in total. The van der Waals surface area contributed by atoms with Crippen LogP contribution in [0.15, 0.2) is 79.4 Å². The fraction of sp³-hybridized carbons (Fsp3) is 0.0909. The first-order valence-electron chi connectivity index (χ1n) is 9.27. The topological polar surface area (TPSA) is 85.2 Å². The molecule has 30 heavy (non-hydrogen) atoms. The zero-order valence-electron chi connectivity index (χ0n) is 16.6. The fourth-order valence-corrected chi connectivity index (χ4v) is 2.77. The minimum Gasteiger partial charge on any atom is -0.439 e. The first-order valence-corrected chi connectivity index (χ1v) is 9.27. The van der Waals surface area contributed by atoms with Gasteiger partial charge in [-0.25, -0.2) is 14.6 Å². The Labute approximate surface area is 173 Å². The Morgan fingerprint density at radius 2 is 1.87 bits per heavy atom. The van der Waals surface area contributed by atoms with Crippen LogP contribution in [0.25, 0.3) is 5.82 Å². The van der Waals surface area contributed by atoms with Gasteiger partial charge in [0.25, 0.3) is 5.91 Å². The smallest absolute Gasteiger partial charge is 0.255 e. The zero-order valence-corrected chi connectivity index (χ0v) is 16.6. The van der Waals surface area contributed by atoms with Crippen molar-refractivity contribution in [2.75, 3.05) is 24.3 Å². The van der Waals surface area contributed by atoms with Gasteiger partial charge in [-0.15, -0.1) is 0 Å². The molecule has 0 aliphatic rings. The van der Waals surface area contributed by atoms with Crippen LogP contribution in [0.4, 0.5) is 11.4 Å². The van der Waals surface area contributed by atoms with Gasteiger partial charge >= 0.3 is 0 Å². The van der Waals surface area contributed by atoms with Crippen LogP contribution in [0, 0.1) is 0 Å². The molecule has 2 aromatic heterocycles. The number of carbonyl (C=O) groups excluding carboxylic acids is 1. The lowest BCUT2D eigenvalue weighted by atomic mass is 10.1. The van der Waals surface area contributed by atoms with Crippen LogP contribution in [0.3, 0.4) is 0 Å².